The van der Waals surface area contributed by atoms with Crippen LogP contribution in [0.2, 0.25) is 0 Å². The van der Waals surface area contributed by atoms with Gasteiger partial charge >= 0.3 is 5.76 Å². The molecule has 30 heavy (non-hydrogen) atoms. The molecular formula is C22H17N3O4S. The molecule has 3 heterocycles. The van der Waals surface area contributed by atoms with Gasteiger partial charge in [-0.1, -0.05) is 24.3 Å². The molecule has 8 heteroatoms. The molecule has 1 aliphatic heterocycles. The molecule has 0 saturated heterocycles. The van der Waals surface area contributed by atoms with Gasteiger partial charge in [-0.15, -0.1) is 11.3 Å². The predicted octanol–water partition coefficient (Wildman–Crippen LogP) is 3.50. The highest BCUT2D eigenvalue weighted by atomic mass is 32.1. The van der Waals surface area contributed by atoms with E-state index < -0.39 is 5.76 Å². The summed E-state index contributed by atoms with van der Waals surface area (Å²) >= 11 is 1.41. The molecule has 4 aromatic rings. The van der Waals surface area contributed by atoms with E-state index >= 15 is 0 Å². The Bertz CT molecular complexity index is 1320. The zero-order valence-corrected chi connectivity index (χ0v) is 16.6. The van der Waals surface area contributed by atoms with Crippen LogP contribution in [0.25, 0.3) is 11.1 Å². The first-order valence-corrected chi connectivity index (χ1v) is 10.3. The van der Waals surface area contributed by atoms with Gasteiger partial charge in [0, 0.05) is 17.9 Å². The number of hydrogen-bond acceptors (Lipinski definition) is 5. The first-order chi connectivity index (χ1) is 14.6. The largest absolute Gasteiger partial charge is 0.420 e. The smallest absolute Gasteiger partial charge is 0.408 e. The van der Waals surface area contributed by atoms with Crippen molar-refractivity contribution in [1.82, 2.24) is 4.57 Å². The first kappa shape index (κ1) is 18.4. The third-order valence-corrected chi connectivity index (χ3v) is 5.97. The van der Waals surface area contributed by atoms with Crippen LogP contribution in [0.4, 0.5) is 11.4 Å². The van der Waals surface area contributed by atoms with Crippen molar-refractivity contribution in [3.05, 3.63) is 81.0 Å². The van der Waals surface area contributed by atoms with Gasteiger partial charge in [0.05, 0.1) is 10.4 Å². The summed E-state index contributed by atoms with van der Waals surface area (Å²) in [4.78, 5) is 39.9. The minimum Gasteiger partial charge on any atom is -0.408 e. The minimum atomic E-state index is -0.576. The molecule has 2 aromatic carbocycles. The van der Waals surface area contributed by atoms with E-state index in [0.29, 0.717) is 28.2 Å². The van der Waals surface area contributed by atoms with Crippen molar-refractivity contribution in [1.29, 1.82) is 0 Å². The van der Waals surface area contributed by atoms with Crippen LogP contribution in [0.5, 0.6) is 0 Å². The summed E-state index contributed by atoms with van der Waals surface area (Å²) in [6.45, 7) is 0.449. The van der Waals surface area contributed by atoms with Gasteiger partial charge in [0.25, 0.3) is 5.91 Å². The molecular weight excluding hydrogens is 402 g/mol. The fourth-order valence-corrected chi connectivity index (χ4v) is 4.38. The highest BCUT2D eigenvalue weighted by Gasteiger charge is 2.26. The Morgan fingerprint density at radius 1 is 1.10 bits per heavy atom. The van der Waals surface area contributed by atoms with Crippen LogP contribution in [0.3, 0.4) is 0 Å². The Labute approximate surface area is 175 Å². The number of fused-ring (bicyclic) bond motifs is 2. The summed E-state index contributed by atoms with van der Waals surface area (Å²) in [5.74, 6) is -0.964. The molecule has 0 fully saturated rings. The number of benzene rings is 2. The minimum absolute atomic E-state index is 0.0383. The van der Waals surface area contributed by atoms with Crippen LogP contribution in [0.15, 0.2) is 69.2 Å². The standard InChI is InChI=1S/C22H17N3O4S/c26-20(13-25-16-4-1-2-5-18(16)29-22(25)28)23-15-8-7-14-9-10-24(17(14)12-15)21(27)19-6-3-11-30-19/h1-8,11-12H,9-10,13H2,(H,23,26). The van der Waals surface area contributed by atoms with Gasteiger partial charge < -0.3 is 14.6 Å². The summed E-state index contributed by atoms with van der Waals surface area (Å²) < 4.78 is 6.47. The number of hydrogen-bond donors (Lipinski definition) is 1. The van der Waals surface area contributed by atoms with Crippen LogP contribution >= 0.6 is 11.3 Å². The average molecular weight is 419 g/mol. The number of nitrogens with zero attached hydrogens (tertiary/aromatic N) is 2. The molecule has 0 aliphatic carbocycles. The maximum absolute atomic E-state index is 12.8. The molecule has 0 atom stereocenters. The molecule has 0 saturated carbocycles. The highest BCUT2D eigenvalue weighted by Crippen LogP contribution is 2.32. The Hall–Kier alpha value is -3.65. The number of anilines is 2. The average Bonchev–Trinajstić information content (AvgIpc) is 3.47. The van der Waals surface area contributed by atoms with E-state index in [1.54, 1.807) is 29.2 Å². The molecule has 150 valence electrons. The predicted molar refractivity (Wildman–Crippen MR) is 115 cm³/mol. The van der Waals surface area contributed by atoms with E-state index in [-0.39, 0.29) is 18.4 Å². The lowest BCUT2D eigenvalue weighted by molar-refractivity contribution is -0.116. The number of carbonyl (C=O) groups is 2. The Kier molecular flexibility index (Phi) is 4.48. The Morgan fingerprint density at radius 2 is 1.97 bits per heavy atom. The van der Waals surface area contributed by atoms with E-state index in [2.05, 4.69) is 5.32 Å². The number of para-hydroxylation sites is 2. The lowest BCUT2D eigenvalue weighted by atomic mass is 10.1. The van der Waals surface area contributed by atoms with E-state index in [1.807, 2.05) is 35.7 Å². The normalized spacial score (nSPS) is 12.9. The molecule has 2 aromatic heterocycles. The number of amides is 2. The zero-order chi connectivity index (χ0) is 20.7. The van der Waals surface area contributed by atoms with Gasteiger partial charge in [0.1, 0.15) is 6.54 Å². The topological polar surface area (TPSA) is 84.5 Å². The summed E-state index contributed by atoms with van der Waals surface area (Å²) in [7, 11) is 0. The van der Waals surface area contributed by atoms with Crippen molar-refractivity contribution in [3.63, 3.8) is 0 Å². The molecule has 0 unspecified atom stereocenters. The van der Waals surface area contributed by atoms with Crippen molar-refractivity contribution in [3.8, 4) is 0 Å². The fraction of sp³-hybridized carbons (Fsp3) is 0.136. The fourth-order valence-electron chi connectivity index (χ4n) is 3.71. The SMILES string of the molecule is O=C(Cn1c(=O)oc2ccccc21)Nc1ccc2c(c1)N(C(=O)c1cccs1)CC2. The van der Waals surface area contributed by atoms with Gasteiger partial charge in [0.15, 0.2) is 5.58 Å². The monoisotopic (exact) mass is 419 g/mol. The van der Waals surface area contributed by atoms with Crippen LogP contribution in [0, 0.1) is 0 Å². The third-order valence-electron chi connectivity index (χ3n) is 5.12. The second-order valence-corrected chi connectivity index (χ2v) is 7.95. The Morgan fingerprint density at radius 3 is 2.80 bits per heavy atom. The molecule has 1 N–H and O–H groups in total. The van der Waals surface area contributed by atoms with Crippen LogP contribution in [0.1, 0.15) is 15.2 Å². The number of carbonyl (C=O) groups excluding carboxylic acids is 2. The highest BCUT2D eigenvalue weighted by molar-refractivity contribution is 7.12. The number of rotatable bonds is 4. The molecule has 0 bridgehead atoms. The second kappa shape index (κ2) is 7.31. The van der Waals surface area contributed by atoms with Crippen LogP contribution < -0.4 is 16.0 Å². The van der Waals surface area contributed by atoms with Gasteiger partial charge in [-0.2, -0.15) is 0 Å². The van der Waals surface area contributed by atoms with Crippen LogP contribution in [-0.4, -0.2) is 22.9 Å². The van der Waals surface area contributed by atoms with E-state index in [1.165, 1.54) is 15.9 Å². The second-order valence-electron chi connectivity index (χ2n) is 7.00. The van der Waals surface area contributed by atoms with Gasteiger partial charge in [0.2, 0.25) is 5.91 Å². The summed E-state index contributed by atoms with van der Waals surface area (Å²) in [5.41, 5.74) is 3.45. The van der Waals surface area contributed by atoms with Crippen molar-refractivity contribution < 1.29 is 14.0 Å². The number of nitrogens with one attached hydrogen (secondary N) is 1. The van der Waals surface area contributed by atoms with E-state index in [4.69, 9.17) is 4.42 Å². The van der Waals surface area contributed by atoms with E-state index in [0.717, 1.165) is 17.7 Å². The molecule has 7 nitrogen and oxygen atoms in total. The van der Waals surface area contributed by atoms with Crippen molar-refractivity contribution >= 4 is 45.6 Å². The molecule has 2 amide bonds. The number of oxazole rings is 1. The van der Waals surface area contributed by atoms with Gasteiger partial charge in [-0.3, -0.25) is 14.2 Å². The lowest BCUT2D eigenvalue weighted by Crippen LogP contribution is -2.28. The maximum Gasteiger partial charge on any atom is 0.420 e. The summed E-state index contributed by atoms with van der Waals surface area (Å²) in [6.07, 6.45) is 0.775. The van der Waals surface area contributed by atoms with E-state index in [9.17, 15) is 14.4 Å². The summed E-state index contributed by atoms with van der Waals surface area (Å²) in [6, 6.07) is 16.2. The number of thiophene rings is 1. The maximum atomic E-state index is 12.8. The quantitative estimate of drug-likeness (QED) is 0.549. The zero-order valence-electron chi connectivity index (χ0n) is 15.8. The summed E-state index contributed by atoms with van der Waals surface area (Å²) in [5, 5.41) is 4.70. The number of aromatic nitrogens is 1. The van der Waals surface area contributed by atoms with Crippen molar-refractivity contribution in [2.24, 2.45) is 0 Å². The lowest BCUT2D eigenvalue weighted by Gasteiger charge is -2.17. The molecule has 0 spiro atoms. The van der Waals surface area contributed by atoms with Crippen LogP contribution in [-0.2, 0) is 17.8 Å². The third kappa shape index (κ3) is 3.21. The molecule has 0 radical (unpaired) electrons. The first-order valence-electron chi connectivity index (χ1n) is 9.47. The molecule has 1 aliphatic rings. The van der Waals surface area contributed by atoms with Gasteiger partial charge in [-0.05, 0) is 47.7 Å². The van der Waals surface area contributed by atoms with Crippen molar-refractivity contribution in [2.75, 3.05) is 16.8 Å². The van der Waals surface area contributed by atoms with Gasteiger partial charge in [-0.25, -0.2) is 4.79 Å². The Balaban J connectivity index is 1.36. The molecule has 5 rings (SSSR count). The van der Waals surface area contributed by atoms with Crippen molar-refractivity contribution in [2.45, 2.75) is 13.0 Å².